The molecule has 26 heavy (non-hydrogen) atoms. The zero-order chi connectivity index (χ0) is 22.1. The Bertz CT molecular complexity index is 351. The summed E-state index contributed by atoms with van der Waals surface area (Å²) in [7, 11) is 0. The molecule has 0 aliphatic heterocycles. The molecule has 10 heteroatoms. The maximum Gasteiger partial charge on any atom is 0.332 e. The molecule has 0 aromatic carbocycles. The number of aliphatic carboxylic acids is 1. The fourth-order valence-electron chi connectivity index (χ4n) is 0.264. The van der Waals surface area contributed by atoms with E-state index in [1.165, 1.54) is 20.8 Å². The van der Waals surface area contributed by atoms with Crippen molar-refractivity contribution in [1.82, 2.24) is 0 Å². The molecule has 4 atom stereocenters. The van der Waals surface area contributed by atoms with Crippen LogP contribution in [0.5, 0.6) is 0 Å². The van der Waals surface area contributed by atoms with Crippen molar-refractivity contribution < 1.29 is 40.2 Å². The summed E-state index contributed by atoms with van der Waals surface area (Å²) in [6.45, 7) is 7.20. The number of carboxylic acids is 1. The number of aliphatic hydroxyl groups excluding tert-OH is 5. The number of carbonyl (C=O) groups is 2. The smallest absolute Gasteiger partial charge is 0.332 e. The second-order valence-electron chi connectivity index (χ2n) is 4.70. The molecule has 0 saturated heterocycles. The maximum atomic E-state index is 9.45. The van der Waals surface area contributed by atoms with Crippen molar-refractivity contribution in [2.45, 2.75) is 71.9 Å². The molecule has 4 unspecified atom stereocenters. The molecule has 0 aliphatic carbocycles. The molecule has 0 aromatic heterocycles. The van der Waals surface area contributed by atoms with E-state index in [1.54, 1.807) is 13.8 Å². The van der Waals surface area contributed by atoms with E-state index in [-0.39, 0.29) is 19.4 Å². The van der Waals surface area contributed by atoms with Gasteiger partial charge in [-0.25, -0.2) is 4.79 Å². The van der Waals surface area contributed by atoms with Crippen LogP contribution in [-0.2, 0) is 9.59 Å². The normalized spacial score (nSPS) is 12.5. The van der Waals surface area contributed by atoms with Gasteiger partial charge in [-0.2, -0.15) is 10.5 Å². The molecular formula is C16H32N2O8. The highest BCUT2D eigenvalue weighted by molar-refractivity contribution is 5.71. The van der Waals surface area contributed by atoms with Crippen LogP contribution in [0.4, 0.5) is 0 Å². The Morgan fingerprint density at radius 2 is 1.12 bits per heavy atom. The van der Waals surface area contributed by atoms with E-state index in [9.17, 15) is 4.79 Å². The van der Waals surface area contributed by atoms with E-state index in [2.05, 4.69) is 0 Å². The van der Waals surface area contributed by atoms with E-state index in [0.717, 1.165) is 6.29 Å². The van der Waals surface area contributed by atoms with Gasteiger partial charge in [0.1, 0.15) is 12.4 Å². The Labute approximate surface area is 154 Å². The third-order valence-corrected chi connectivity index (χ3v) is 1.40. The van der Waals surface area contributed by atoms with Crippen LogP contribution < -0.4 is 0 Å². The average molecular weight is 380 g/mol. The minimum Gasteiger partial charge on any atom is -0.479 e. The number of hydrogen-bond donors (Lipinski definition) is 6. The van der Waals surface area contributed by atoms with E-state index in [0.29, 0.717) is 0 Å². The van der Waals surface area contributed by atoms with Gasteiger partial charge >= 0.3 is 5.97 Å². The van der Waals surface area contributed by atoms with Crippen LogP contribution in [-0.4, -0.2) is 73.9 Å². The number of aliphatic hydroxyl groups is 5. The number of nitrogens with zero attached hydrogens (tertiary/aromatic N) is 2. The van der Waals surface area contributed by atoms with Crippen molar-refractivity contribution in [1.29, 1.82) is 10.5 Å². The number of hydrogen-bond acceptors (Lipinski definition) is 9. The molecule has 10 nitrogen and oxygen atoms in total. The molecule has 0 heterocycles. The van der Waals surface area contributed by atoms with E-state index >= 15 is 0 Å². The predicted octanol–water partition coefficient (Wildman–Crippen LogP) is -0.422. The quantitative estimate of drug-likeness (QED) is 0.347. The van der Waals surface area contributed by atoms with E-state index in [1.807, 2.05) is 12.1 Å². The van der Waals surface area contributed by atoms with Crippen LogP contribution in [0.3, 0.4) is 0 Å². The Morgan fingerprint density at radius 3 is 1.12 bits per heavy atom. The summed E-state index contributed by atoms with van der Waals surface area (Å²) in [5, 5.41) is 64.1. The highest BCUT2D eigenvalue weighted by atomic mass is 16.4. The second-order valence-corrected chi connectivity index (χ2v) is 4.70. The largest absolute Gasteiger partial charge is 0.479 e. The van der Waals surface area contributed by atoms with Gasteiger partial charge in [0.25, 0.3) is 0 Å². The summed E-state index contributed by atoms with van der Waals surface area (Å²) >= 11 is 0. The lowest BCUT2D eigenvalue weighted by molar-refractivity contribution is -0.145. The molecule has 0 fully saturated rings. The molecule has 0 spiro atoms. The summed E-state index contributed by atoms with van der Waals surface area (Å²) in [6, 6.07) is 3.63. The minimum atomic E-state index is -1.23. The van der Waals surface area contributed by atoms with Gasteiger partial charge in [-0.1, -0.05) is 0 Å². The molecule has 6 N–H and O–H groups in total. The van der Waals surface area contributed by atoms with Crippen LogP contribution >= 0.6 is 0 Å². The van der Waals surface area contributed by atoms with Crippen molar-refractivity contribution in [3.8, 4) is 12.1 Å². The fourth-order valence-corrected chi connectivity index (χ4v) is 0.264. The third kappa shape index (κ3) is 97.5. The number of aldehydes is 1. The van der Waals surface area contributed by atoms with Crippen LogP contribution in [0.15, 0.2) is 0 Å². The molecule has 0 bridgehead atoms. The lowest BCUT2D eigenvalue weighted by Crippen LogP contribution is -2.13. The highest BCUT2D eigenvalue weighted by Gasteiger charge is 2.01. The minimum absolute atomic E-state index is 0.139. The van der Waals surface area contributed by atoms with Gasteiger partial charge in [-0.15, -0.1) is 0 Å². The first kappa shape index (κ1) is 35.1. The highest BCUT2D eigenvalue weighted by Crippen LogP contribution is 1.82. The number of nitriles is 2. The van der Waals surface area contributed by atoms with Crippen LogP contribution in [0.25, 0.3) is 0 Å². The van der Waals surface area contributed by atoms with Crippen molar-refractivity contribution >= 4 is 12.3 Å². The predicted molar refractivity (Wildman–Crippen MR) is 93.6 cm³/mol. The first-order chi connectivity index (χ1) is 11.9. The summed E-state index contributed by atoms with van der Waals surface area (Å²) in [5.74, 6) is -1.19. The zero-order valence-electron chi connectivity index (χ0n) is 15.9. The Kier molecular flexibility index (Phi) is 41.5. The maximum absolute atomic E-state index is 9.45. The van der Waals surface area contributed by atoms with Crippen LogP contribution in [0.2, 0.25) is 0 Å². The van der Waals surface area contributed by atoms with Crippen molar-refractivity contribution in [3.63, 3.8) is 0 Å². The van der Waals surface area contributed by atoms with Crippen molar-refractivity contribution in [2.24, 2.45) is 0 Å². The molecule has 0 radical (unpaired) electrons. The summed E-state index contributed by atoms with van der Waals surface area (Å²) < 4.78 is 0. The van der Waals surface area contributed by atoms with Gasteiger partial charge in [0.05, 0.1) is 49.9 Å². The second kappa shape index (κ2) is 30.8. The van der Waals surface area contributed by atoms with Gasteiger partial charge in [-0.05, 0) is 34.6 Å². The summed E-state index contributed by atoms with van der Waals surface area (Å²) in [5.41, 5.74) is 0. The molecular weight excluding hydrogens is 348 g/mol. The Hall–Kier alpha value is -2.08. The first-order valence-corrected chi connectivity index (χ1v) is 7.57. The van der Waals surface area contributed by atoms with E-state index < -0.39 is 30.4 Å². The lowest BCUT2D eigenvalue weighted by Gasteiger charge is -1.90. The molecule has 154 valence electrons. The van der Waals surface area contributed by atoms with Crippen molar-refractivity contribution in [2.75, 3.05) is 6.61 Å². The van der Waals surface area contributed by atoms with Gasteiger partial charge < -0.3 is 35.4 Å². The molecule has 0 aliphatic rings. The molecule has 0 saturated carbocycles. The first-order valence-electron chi connectivity index (χ1n) is 7.57. The Morgan fingerprint density at radius 1 is 0.923 bits per heavy atom. The van der Waals surface area contributed by atoms with E-state index in [4.69, 9.17) is 46.0 Å². The number of rotatable bonds is 4. The standard InChI is InChI=1S/2C4H7NO.C3H6O3.C3H8O2.C2H4O/c2*1-4(6)2-3-5;1-2(4)3(5)6;1-3(5)2-4;1-2-3/h2*4,6H,2H2,1H3;2,4H,1H3,(H,5,6);3-5H,2H2,1H3;2H,1H3. The van der Waals surface area contributed by atoms with Crippen molar-refractivity contribution in [3.05, 3.63) is 0 Å². The summed E-state index contributed by atoms with van der Waals surface area (Å²) in [6.07, 6.45) is -1.50. The lowest BCUT2D eigenvalue weighted by atomic mass is 10.3. The fraction of sp³-hybridized carbons (Fsp3) is 0.750. The molecule has 0 aromatic rings. The monoisotopic (exact) mass is 380 g/mol. The van der Waals surface area contributed by atoms with Gasteiger partial charge in [0.2, 0.25) is 0 Å². The number of carboxylic acid groups (broad SMARTS) is 1. The number of carbonyl (C=O) groups excluding carboxylic acids is 1. The molecule has 0 amide bonds. The van der Waals surface area contributed by atoms with Crippen LogP contribution in [0.1, 0.15) is 47.5 Å². The van der Waals surface area contributed by atoms with Gasteiger partial charge in [0.15, 0.2) is 0 Å². The Balaban J connectivity index is -0.0000000719. The van der Waals surface area contributed by atoms with Gasteiger partial charge in [-0.3, -0.25) is 0 Å². The SMILES string of the molecule is CC(O)C(=O)O.CC(O)CC#N.CC(O)CC#N.CC(O)CO.CC=O. The third-order valence-electron chi connectivity index (χ3n) is 1.40. The zero-order valence-corrected chi connectivity index (χ0v) is 15.9. The van der Waals surface area contributed by atoms with Gasteiger partial charge in [0, 0.05) is 0 Å². The summed E-state index contributed by atoms with van der Waals surface area (Å²) in [4.78, 5) is 18.3. The average Bonchev–Trinajstić information content (AvgIpc) is 2.49. The van der Waals surface area contributed by atoms with Crippen LogP contribution in [0, 0.1) is 22.7 Å². The molecule has 0 rings (SSSR count). The topological polar surface area (TPSA) is 203 Å².